The third kappa shape index (κ3) is 5.26. The zero-order valence-electron chi connectivity index (χ0n) is 16.0. The maximum absolute atomic E-state index is 12.5. The summed E-state index contributed by atoms with van der Waals surface area (Å²) in [4.78, 5) is 16.8. The summed E-state index contributed by atoms with van der Waals surface area (Å²) in [6.45, 7) is 0.355. The van der Waals surface area contributed by atoms with Crippen LogP contribution < -0.4 is 20.1 Å². The summed E-state index contributed by atoms with van der Waals surface area (Å²) in [5.41, 5.74) is 2.17. The minimum atomic E-state index is -0.299. The van der Waals surface area contributed by atoms with E-state index >= 15 is 0 Å². The van der Waals surface area contributed by atoms with E-state index < -0.39 is 0 Å². The van der Waals surface area contributed by atoms with Crippen molar-refractivity contribution < 1.29 is 19.4 Å². The number of hydrogen-bond donors (Lipinski definition) is 3. The van der Waals surface area contributed by atoms with E-state index in [9.17, 15) is 9.90 Å². The zero-order chi connectivity index (χ0) is 20.6. The molecule has 0 aliphatic carbocycles. The lowest BCUT2D eigenvalue weighted by Gasteiger charge is -2.11. The largest absolute Gasteiger partial charge is 0.502 e. The highest BCUT2D eigenvalue weighted by atomic mass is 32.1. The van der Waals surface area contributed by atoms with Gasteiger partial charge in [-0.25, -0.2) is 4.99 Å². The SMILES string of the molecule is COc1cc(C(=O)NCc2ccc(N/C=N/c3cccs3)cc2)cc(OC)c1O. The Morgan fingerprint density at radius 2 is 1.83 bits per heavy atom. The summed E-state index contributed by atoms with van der Waals surface area (Å²) in [5.74, 6) is -0.0904. The van der Waals surface area contributed by atoms with Gasteiger partial charge >= 0.3 is 0 Å². The number of benzene rings is 2. The number of ether oxygens (including phenoxy) is 2. The quantitative estimate of drug-likeness (QED) is 0.382. The molecule has 1 heterocycles. The Kier molecular flexibility index (Phi) is 6.70. The third-order valence-electron chi connectivity index (χ3n) is 4.08. The Bertz CT molecular complexity index is 961. The van der Waals surface area contributed by atoms with Gasteiger partial charge in [-0.3, -0.25) is 4.79 Å². The summed E-state index contributed by atoms with van der Waals surface area (Å²) in [6.07, 6.45) is 1.65. The number of aliphatic imine (C=N–C) groups is 1. The van der Waals surface area contributed by atoms with E-state index in [2.05, 4.69) is 15.6 Å². The van der Waals surface area contributed by atoms with Crippen LogP contribution in [0.2, 0.25) is 0 Å². The first-order chi connectivity index (χ1) is 14.1. The molecule has 0 spiro atoms. The lowest BCUT2D eigenvalue weighted by Crippen LogP contribution is -2.22. The number of nitrogens with zero attached hydrogens (tertiary/aromatic N) is 1. The second-order valence-corrected chi connectivity index (χ2v) is 6.89. The molecular weight excluding hydrogens is 390 g/mol. The fourth-order valence-electron chi connectivity index (χ4n) is 2.54. The molecule has 3 aromatic rings. The lowest BCUT2D eigenvalue weighted by molar-refractivity contribution is 0.0950. The molecule has 0 aliphatic rings. The van der Waals surface area contributed by atoms with Gasteiger partial charge in [0.2, 0.25) is 5.75 Å². The van der Waals surface area contributed by atoms with Gasteiger partial charge in [-0.1, -0.05) is 12.1 Å². The molecule has 0 saturated heterocycles. The van der Waals surface area contributed by atoms with Crippen molar-refractivity contribution in [2.24, 2.45) is 4.99 Å². The number of phenolic OH excluding ortho intramolecular Hbond substituents is 1. The smallest absolute Gasteiger partial charge is 0.251 e. The minimum Gasteiger partial charge on any atom is -0.502 e. The van der Waals surface area contributed by atoms with E-state index in [1.165, 1.54) is 26.4 Å². The van der Waals surface area contributed by atoms with E-state index in [1.54, 1.807) is 17.7 Å². The predicted octanol–water partition coefficient (Wildman–Crippen LogP) is 4.17. The van der Waals surface area contributed by atoms with Crippen molar-refractivity contribution in [2.45, 2.75) is 6.54 Å². The van der Waals surface area contributed by atoms with Crippen molar-refractivity contribution in [1.29, 1.82) is 0 Å². The first-order valence-corrected chi connectivity index (χ1v) is 9.63. The Labute approximate surface area is 172 Å². The fraction of sp³-hybridized carbons (Fsp3) is 0.143. The maximum Gasteiger partial charge on any atom is 0.251 e. The van der Waals surface area contributed by atoms with Crippen LogP contribution in [0.25, 0.3) is 0 Å². The standard InChI is InChI=1S/C21H21N3O4S/c1-27-17-10-15(11-18(28-2)20(17)25)21(26)22-12-14-5-7-16(8-6-14)23-13-24-19-4-3-9-29-19/h3-11,13,25H,12H2,1-2H3,(H,22,26)(H,23,24). The molecule has 0 unspecified atom stereocenters. The molecule has 29 heavy (non-hydrogen) atoms. The minimum absolute atomic E-state index is 0.141. The lowest BCUT2D eigenvalue weighted by atomic mass is 10.1. The first-order valence-electron chi connectivity index (χ1n) is 8.75. The average molecular weight is 411 g/mol. The Morgan fingerprint density at radius 3 is 2.41 bits per heavy atom. The highest BCUT2D eigenvalue weighted by molar-refractivity contribution is 7.13. The molecule has 0 atom stereocenters. The molecular formula is C21H21N3O4S. The van der Waals surface area contributed by atoms with Crippen LogP contribution in [0.4, 0.5) is 10.7 Å². The number of carbonyl (C=O) groups excluding carboxylic acids is 1. The van der Waals surface area contributed by atoms with Crippen molar-refractivity contribution in [3.8, 4) is 17.2 Å². The molecule has 0 fully saturated rings. The number of anilines is 1. The summed E-state index contributed by atoms with van der Waals surface area (Å²) in [5, 5.41) is 18.8. The second kappa shape index (κ2) is 9.61. The number of carbonyl (C=O) groups is 1. The Morgan fingerprint density at radius 1 is 1.14 bits per heavy atom. The highest BCUT2D eigenvalue weighted by Gasteiger charge is 2.15. The number of amides is 1. The predicted molar refractivity (Wildman–Crippen MR) is 115 cm³/mol. The van der Waals surface area contributed by atoms with Crippen molar-refractivity contribution in [3.63, 3.8) is 0 Å². The topological polar surface area (TPSA) is 92.2 Å². The van der Waals surface area contributed by atoms with Gasteiger partial charge in [-0.15, -0.1) is 11.3 Å². The number of hydrogen-bond acceptors (Lipinski definition) is 6. The Balaban J connectivity index is 1.57. The molecule has 3 N–H and O–H groups in total. The molecule has 0 aliphatic heterocycles. The van der Waals surface area contributed by atoms with Gasteiger partial charge in [-0.2, -0.15) is 0 Å². The zero-order valence-corrected chi connectivity index (χ0v) is 16.8. The molecule has 7 nitrogen and oxygen atoms in total. The van der Waals surface area contributed by atoms with Gasteiger partial charge in [0.1, 0.15) is 5.00 Å². The number of aromatic hydroxyl groups is 1. The summed E-state index contributed by atoms with van der Waals surface area (Å²) in [6, 6.07) is 14.5. The second-order valence-electron chi connectivity index (χ2n) is 5.96. The van der Waals surface area contributed by atoms with Gasteiger partial charge in [-0.05, 0) is 47.3 Å². The molecule has 150 valence electrons. The van der Waals surface area contributed by atoms with Crippen molar-refractivity contribution in [1.82, 2.24) is 5.32 Å². The van der Waals surface area contributed by atoms with E-state index in [-0.39, 0.29) is 23.2 Å². The maximum atomic E-state index is 12.5. The summed E-state index contributed by atoms with van der Waals surface area (Å²) in [7, 11) is 2.83. The molecule has 3 rings (SSSR count). The molecule has 1 aromatic heterocycles. The molecule has 1 amide bonds. The van der Waals surface area contributed by atoms with Crippen LogP contribution in [0.5, 0.6) is 17.2 Å². The van der Waals surface area contributed by atoms with Crippen LogP contribution in [0, 0.1) is 0 Å². The first kappa shape index (κ1) is 20.2. The third-order valence-corrected chi connectivity index (χ3v) is 4.85. The fourth-order valence-corrected chi connectivity index (χ4v) is 3.11. The normalized spacial score (nSPS) is 10.7. The number of phenols is 1. The van der Waals surface area contributed by atoms with Crippen LogP contribution in [-0.2, 0) is 6.54 Å². The summed E-state index contributed by atoms with van der Waals surface area (Å²) >= 11 is 1.57. The average Bonchev–Trinajstić information content (AvgIpc) is 3.26. The van der Waals surface area contributed by atoms with E-state index in [0.29, 0.717) is 12.1 Å². The molecule has 0 bridgehead atoms. The summed E-state index contributed by atoms with van der Waals surface area (Å²) < 4.78 is 10.2. The van der Waals surface area contributed by atoms with Crippen molar-refractivity contribution >= 4 is 34.3 Å². The van der Waals surface area contributed by atoms with E-state index in [1.807, 2.05) is 41.8 Å². The van der Waals surface area contributed by atoms with Gasteiger partial charge < -0.3 is 25.2 Å². The monoisotopic (exact) mass is 411 g/mol. The molecule has 0 radical (unpaired) electrons. The van der Waals surface area contributed by atoms with Crippen LogP contribution in [-0.4, -0.2) is 31.6 Å². The van der Waals surface area contributed by atoms with E-state index in [0.717, 1.165) is 16.3 Å². The number of thiophene rings is 1. The number of nitrogens with one attached hydrogen (secondary N) is 2. The van der Waals surface area contributed by atoms with Crippen molar-refractivity contribution in [3.05, 3.63) is 65.0 Å². The number of rotatable bonds is 8. The van der Waals surface area contributed by atoms with E-state index in [4.69, 9.17) is 9.47 Å². The van der Waals surface area contributed by atoms with Crippen LogP contribution in [0.1, 0.15) is 15.9 Å². The molecule has 0 saturated carbocycles. The highest BCUT2D eigenvalue weighted by Crippen LogP contribution is 2.37. The van der Waals surface area contributed by atoms with Crippen LogP contribution in [0.3, 0.4) is 0 Å². The van der Waals surface area contributed by atoms with Crippen molar-refractivity contribution in [2.75, 3.05) is 19.5 Å². The molecule has 2 aromatic carbocycles. The Hall–Kier alpha value is -3.52. The van der Waals surface area contributed by atoms with Gasteiger partial charge in [0.05, 0.1) is 20.6 Å². The van der Waals surface area contributed by atoms with Gasteiger partial charge in [0.15, 0.2) is 11.5 Å². The van der Waals surface area contributed by atoms with Crippen LogP contribution >= 0.6 is 11.3 Å². The van der Waals surface area contributed by atoms with Gasteiger partial charge in [0, 0.05) is 17.8 Å². The van der Waals surface area contributed by atoms with Gasteiger partial charge in [0.25, 0.3) is 5.91 Å². The molecule has 8 heteroatoms. The number of methoxy groups -OCH3 is 2. The van der Waals surface area contributed by atoms with Crippen LogP contribution in [0.15, 0.2) is 58.9 Å².